The van der Waals surface area contributed by atoms with Crippen LogP contribution in [0.5, 0.6) is 11.5 Å². The molecule has 1 fully saturated rings. The van der Waals surface area contributed by atoms with E-state index in [9.17, 15) is 9.59 Å². The molecule has 2 heterocycles. The highest BCUT2D eigenvalue weighted by Gasteiger charge is 2.42. The Labute approximate surface area is 200 Å². The van der Waals surface area contributed by atoms with Crippen molar-refractivity contribution in [2.24, 2.45) is 10.9 Å². The fourth-order valence-electron chi connectivity index (χ4n) is 3.65. The molecule has 2 unspecified atom stereocenters. The molecule has 2 amide bonds. The van der Waals surface area contributed by atoms with E-state index in [1.807, 2.05) is 13.0 Å². The minimum atomic E-state index is -0.388. The number of hydrogen-bond donors (Lipinski definition) is 3. The second kappa shape index (κ2) is 10.0. The van der Waals surface area contributed by atoms with Crippen LogP contribution in [0.4, 0.5) is 11.4 Å². The first-order valence-corrected chi connectivity index (χ1v) is 11.6. The third-order valence-electron chi connectivity index (χ3n) is 5.43. The van der Waals surface area contributed by atoms with Crippen LogP contribution in [0, 0.1) is 12.8 Å². The molecule has 33 heavy (non-hydrogen) atoms. The van der Waals surface area contributed by atoms with Crippen LogP contribution in [-0.2, 0) is 9.59 Å². The smallest absolute Gasteiger partial charge is 0.241 e. The van der Waals surface area contributed by atoms with Gasteiger partial charge in [-0.3, -0.25) is 19.9 Å². The highest BCUT2D eigenvalue weighted by atomic mass is 35.5. The van der Waals surface area contributed by atoms with Crippen molar-refractivity contribution in [3.05, 3.63) is 47.0 Å². The van der Waals surface area contributed by atoms with E-state index in [2.05, 4.69) is 16.2 Å². The number of hydrogen-bond acceptors (Lipinski definition) is 8. The molecule has 0 bridgehead atoms. The van der Waals surface area contributed by atoms with E-state index < -0.39 is 0 Å². The molecule has 2 aliphatic rings. The van der Waals surface area contributed by atoms with Gasteiger partial charge in [-0.15, -0.1) is 0 Å². The molecule has 9 nitrogen and oxygen atoms in total. The van der Waals surface area contributed by atoms with E-state index in [0.717, 1.165) is 5.56 Å². The first-order valence-electron chi connectivity index (χ1n) is 10.2. The Morgan fingerprint density at radius 1 is 1.30 bits per heavy atom. The van der Waals surface area contributed by atoms with Gasteiger partial charge in [0, 0.05) is 17.6 Å². The van der Waals surface area contributed by atoms with Crippen LogP contribution in [-0.4, -0.2) is 49.7 Å². The number of methoxy groups -OCH3 is 2. The molecule has 4 rings (SSSR count). The van der Waals surface area contributed by atoms with Crippen molar-refractivity contribution in [2.75, 3.05) is 36.7 Å². The van der Waals surface area contributed by atoms with Gasteiger partial charge in [0.1, 0.15) is 17.7 Å². The molecule has 0 spiro atoms. The fraction of sp³-hybridized carbons (Fsp3) is 0.318. The number of thioether (sulfide) groups is 1. The van der Waals surface area contributed by atoms with E-state index >= 15 is 0 Å². The summed E-state index contributed by atoms with van der Waals surface area (Å²) >= 11 is 7.50. The number of aliphatic imine (C=N–C) groups is 1. The Hall–Kier alpha value is -2.79. The summed E-state index contributed by atoms with van der Waals surface area (Å²) in [6.45, 7) is 2.33. The number of amidine groups is 1. The van der Waals surface area contributed by atoms with Gasteiger partial charge in [-0.25, -0.2) is 10.4 Å². The molecule has 0 aromatic heterocycles. The van der Waals surface area contributed by atoms with E-state index in [1.54, 1.807) is 42.3 Å². The van der Waals surface area contributed by atoms with E-state index in [0.29, 0.717) is 39.6 Å². The van der Waals surface area contributed by atoms with Gasteiger partial charge >= 0.3 is 0 Å². The zero-order chi connectivity index (χ0) is 23.5. The highest BCUT2D eigenvalue weighted by molar-refractivity contribution is 8.14. The number of carbonyl (C=O) groups excluding carboxylic acids is 2. The SMILES string of the molecule is COc1ccc(NC(=O)CSC2=NC3NNCC3C(=O)N2c2cccc(Cl)c2C)c(OC)c1. The summed E-state index contributed by atoms with van der Waals surface area (Å²) in [6, 6.07) is 10.5. The van der Waals surface area contributed by atoms with E-state index in [-0.39, 0.29) is 29.7 Å². The third kappa shape index (κ3) is 4.79. The van der Waals surface area contributed by atoms with Gasteiger partial charge in [-0.05, 0) is 36.8 Å². The minimum absolute atomic E-state index is 0.0439. The van der Waals surface area contributed by atoms with Crippen LogP contribution in [0.3, 0.4) is 0 Å². The normalized spacial score (nSPS) is 19.7. The summed E-state index contributed by atoms with van der Waals surface area (Å²) in [7, 11) is 3.08. The number of nitrogens with one attached hydrogen (secondary N) is 3. The summed E-state index contributed by atoms with van der Waals surface area (Å²) in [5.74, 6) is 0.443. The van der Waals surface area contributed by atoms with Gasteiger partial charge in [0.05, 0.1) is 37.3 Å². The number of hydrazine groups is 1. The van der Waals surface area contributed by atoms with Crippen LogP contribution < -0.4 is 30.5 Å². The number of carbonyl (C=O) groups is 2. The van der Waals surface area contributed by atoms with Crippen molar-refractivity contribution in [3.8, 4) is 11.5 Å². The van der Waals surface area contributed by atoms with Gasteiger partial charge in [-0.1, -0.05) is 29.4 Å². The Kier molecular flexibility index (Phi) is 7.08. The second-order valence-corrected chi connectivity index (χ2v) is 8.80. The molecule has 0 aliphatic carbocycles. The van der Waals surface area contributed by atoms with Crippen LogP contribution in [0.25, 0.3) is 0 Å². The second-order valence-electron chi connectivity index (χ2n) is 7.45. The van der Waals surface area contributed by atoms with Crippen LogP contribution >= 0.6 is 23.4 Å². The molecule has 11 heteroatoms. The van der Waals surface area contributed by atoms with Crippen molar-refractivity contribution in [1.82, 2.24) is 10.9 Å². The lowest BCUT2D eigenvalue weighted by Gasteiger charge is -2.33. The number of nitrogens with zero attached hydrogens (tertiary/aromatic N) is 2. The van der Waals surface area contributed by atoms with E-state index in [4.69, 9.17) is 26.1 Å². The Morgan fingerprint density at radius 3 is 2.88 bits per heavy atom. The molecule has 2 aromatic carbocycles. The van der Waals surface area contributed by atoms with E-state index in [1.165, 1.54) is 18.9 Å². The highest BCUT2D eigenvalue weighted by Crippen LogP contribution is 2.34. The van der Waals surface area contributed by atoms with Crippen LogP contribution in [0.2, 0.25) is 5.02 Å². The van der Waals surface area contributed by atoms with Crippen molar-refractivity contribution in [1.29, 1.82) is 0 Å². The summed E-state index contributed by atoms with van der Waals surface area (Å²) in [5.41, 5.74) is 7.95. The third-order valence-corrected chi connectivity index (χ3v) is 6.79. The number of benzene rings is 2. The molecule has 2 atom stereocenters. The minimum Gasteiger partial charge on any atom is -0.497 e. The molecule has 174 valence electrons. The first kappa shape index (κ1) is 23.4. The summed E-state index contributed by atoms with van der Waals surface area (Å²) in [4.78, 5) is 32.3. The lowest BCUT2D eigenvalue weighted by Crippen LogP contribution is -2.50. The molecule has 0 radical (unpaired) electrons. The fourth-order valence-corrected chi connectivity index (χ4v) is 4.65. The zero-order valence-electron chi connectivity index (χ0n) is 18.3. The predicted octanol–water partition coefficient (Wildman–Crippen LogP) is 2.79. The average molecular weight is 490 g/mol. The average Bonchev–Trinajstić information content (AvgIpc) is 3.29. The molecule has 3 N–H and O–H groups in total. The number of ether oxygens (including phenoxy) is 2. The number of amides is 2. The Balaban J connectivity index is 1.54. The van der Waals surface area contributed by atoms with Crippen LogP contribution in [0.15, 0.2) is 41.4 Å². The zero-order valence-corrected chi connectivity index (χ0v) is 19.9. The largest absolute Gasteiger partial charge is 0.497 e. The maximum atomic E-state index is 13.3. The maximum Gasteiger partial charge on any atom is 0.241 e. The standard InChI is InChI=1S/C22H24ClN5O4S/c1-12-15(23)5-4-6-17(12)28-21(30)14-10-24-27-20(14)26-22(28)33-11-19(29)25-16-8-7-13(31-2)9-18(16)32-3/h4-9,14,20,24,27H,10-11H2,1-3H3,(H,25,29). The monoisotopic (exact) mass is 489 g/mol. The Morgan fingerprint density at radius 2 is 2.12 bits per heavy atom. The molecular formula is C22H24ClN5O4S. The van der Waals surface area contributed by atoms with Gasteiger partial charge in [0.2, 0.25) is 11.8 Å². The maximum absolute atomic E-state index is 13.3. The lowest BCUT2D eigenvalue weighted by molar-refractivity contribution is -0.121. The van der Waals surface area contributed by atoms with Gasteiger partial charge in [-0.2, -0.15) is 0 Å². The first-order chi connectivity index (χ1) is 15.9. The summed E-state index contributed by atoms with van der Waals surface area (Å²) in [5, 5.41) is 3.82. The number of anilines is 2. The molecule has 2 aliphatic heterocycles. The van der Waals surface area contributed by atoms with Gasteiger partial charge in [0.25, 0.3) is 0 Å². The summed E-state index contributed by atoms with van der Waals surface area (Å²) < 4.78 is 10.5. The molecule has 1 saturated heterocycles. The topological polar surface area (TPSA) is 104 Å². The summed E-state index contributed by atoms with van der Waals surface area (Å²) in [6.07, 6.45) is -0.388. The van der Waals surface area contributed by atoms with Crippen LogP contribution in [0.1, 0.15) is 5.56 Å². The van der Waals surface area contributed by atoms with Crippen molar-refractivity contribution >= 4 is 51.7 Å². The number of fused-ring (bicyclic) bond motifs is 1. The predicted molar refractivity (Wildman–Crippen MR) is 130 cm³/mol. The molecular weight excluding hydrogens is 466 g/mol. The lowest BCUT2D eigenvalue weighted by atomic mass is 10.0. The quantitative estimate of drug-likeness (QED) is 0.573. The van der Waals surface area contributed by atoms with Crippen molar-refractivity contribution < 1.29 is 19.1 Å². The van der Waals surface area contributed by atoms with Crippen molar-refractivity contribution in [3.63, 3.8) is 0 Å². The number of rotatable bonds is 6. The van der Waals surface area contributed by atoms with Gasteiger partial charge < -0.3 is 14.8 Å². The molecule has 2 aromatic rings. The number of halogens is 1. The van der Waals surface area contributed by atoms with Crippen molar-refractivity contribution in [2.45, 2.75) is 13.1 Å². The molecule has 0 saturated carbocycles. The van der Waals surface area contributed by atoms with Gasteiger partial charge in [0.15, 0.2) is 5.17 Å². The Bertz CT molecular complexity index is 1110.